The lowest BCUT2D eigenvalue weighted by molar-refractivity contribution is 0.348. The highest BCUT2D eigenvalue weighted by molar-refractivity contribution is 5.14. The normalized spacial score (nSPS) is 12.6. The van der Waals surface area contributed by atoms with E-state index in [9.17, 15) is 0 Å². The largest absolute Gasteiger partial charge is 0.338 e. The Balaban J connectivity index is 2.09. The van der Waals surface area contributed by atoms with Crippen LogP contribution < -0.4 is 5.73 Å². The maximum Gasteiger partial charge on any atom is 0.243 e. The van der Waals surface area contributed by atoms with Crippen LogP contribution in [0.25, 0.3) is 0 Å². The Kier molecular flexibility index (Phi) is 3.26. The SMILES string of the molecule is CC[C@@H](N)c1nc(Cc2ccncc2)no1. The number of aromatic nitrogens is 3. The van der Waals surface area contributed by atoms with Crippen molar-refractivity contribution >= 4 is 0 Å². The summed E-state index contributed by atoms with van der Waals surface area (Å²) in [6.07, 6.45) is 4.92. The van der Waals surface area contributed by atoms with E-state index in [1.165, 1.54) is 0 Å². The molecule has 2 N–H and O–H groups in total. The van der Waals surface area contributed by atoms with Gasteiger partial charge in [-0.05, 0) is 24.1 Å². The highest BCUT2D eigenvalue weighted by Gasteiger charge is 2.12. The summed E-state index contributed by atoms with van der Waals surface area (Å²) in [7, 11) is 0. The molecule has 16 heavy (non-hydrogen) atoms. The highest BCUT2D eigenvalue weighted by atomic mass is 16.5. The first-order chi connectivity index (χ1) is 7.79. The van der Waals surface area contributed by atoms with Crippen LogP contribution in [0.2, 0.25) is 0 Å². The topological polar surface area (TPSA) is 77.8 Å². The van der Waals surface area contributed by atoms with Crippen molar-refractivity contribution in [3.63, 3.8) is 0 Å². The molecular formula is C11H14N4O. The maximum atomic E-state index is 5.79. The summed E-state index contributed by atoms with van der Waals surface area (Å²) in [4.78, 5) is 8.20. The van der Waals surface area contributed by atoms with Crippen molar-refractivity contribution in [2.75, 3.05) is 0 Å². The van der Waals surface area contributed by atoms with Crippen LogP contribution in [0, 0.1) is 0 Å². The predicted molar refractivity (Wildman–Crippen MR) is 58.6 cm³/mol. The fourth-order valence-electron chi connectivity index (χ4n) is 1.35. The Bertz CT molecular complexity index is 440. The van der Waals surface area contributed by atoms with E-state index >= 15 is 0 Å². The minimum Gasteiger partial charge on any atom is -0.338 e. The van der Waals surface area contributed by atoms with Crippen LogP contribution in [0.5, 0.6) is 0 Å². The first-order valence-corrected chi connectivity index (χ1v) is 5.26. The van der Waals surface area contributed by atoms with Crippen molar-refractivity contribution in [3.8, 4) is 0 Å². The monoisotopic (exact) mass is 218 g/mol. The molecule has 0 bridgehead atoms. The summed E-state index contributed by atoms with van der Waals surface area (Å²) in [6.45, 7) is 1.98. The molecule has 5 heteroatoms. The number of hydrogen-bond acceptors (Lipinski definition) is 5. The summed E-state index contributed by atoms with van der Waals surface area (Å²) < 4.78 is 5.09. The van der Waals surface area contributed by atoms with Crippen LogP contribution in [-0.4, -0.2) is 15.1 Å². The van der Waals surface area contributed by atoms with Crippen LogP contribution in [-0.2, 0) is 6.42 Å². The third-order valence-corrected chi connectivity index (χ3v) is 2.35. The molecule has 0 aromatic carbocycles. The van der Waals surface area contributed by atoms with Gasteiger partial charge in [0.1, 0.15) is 0 Å². The van der Waals surface area contributed by atoms with E-state index in [1.54, 1.807) is 12.4 Å². The summed E-state index contributed by atoms with van der Waals surface area (Å²) in [5.41, 5.74) is 6.90. The summed E-state index contributed by atoms with van der Waals surface area (Å²) >= 11 is 0. The van der Waals surface area contributed by atoms with Crippen LogP contribution in [0.15, 0.2) is 29.0 Å². The van der Waals surface area contributed by atoms with Crippen molar-refractivity contribution in [2.24, 2.45) is 5.73 Å². The Morgan fingerprint density at radius 2 is 2.12 bits per heavy atom. The molecule has 0 aliphatic rings. The molecule has 0 aliphatic carbocycles. The molecular weight excluding hydrogens is 204 g/mol. The minimum atomic E-state index is -0.168. The van der Waals surface area contributed by atoms with Crippen LogP contribution in [0.1, 0.15) is 36.7 Å². The van der Waals surface area contributed by atoms with Crippen molar-refractivity contribution in [3.05, 3.63) is 41.8 Å². The molecule has 0 saturated carbocycles. The van der Waals surface area contributed by atoms with Crippen LogP contribution >= 0.6 is 0 Å². The molecule has 2 aromatic rings. The molecule has 0 fully saturated rings. The second-order valence-corrected chi connectivity index (χ2v) is 3.60. The molecule has 0 saturated heterocycles. The molecule has 2 rings (SSSR count). The molecule has 84 valence electrons. The van der Waals surface area contributed by atoms with Gasteiger partial charge in [-0.1, -0.05) is 12.1 Å². The number of rotatable bonds is 4. The lowest BCUT2D eigenvalue weighted by Crippen LogP contribution is -2.08. The molecule has 0 aliphatic heterocycles. The van der Waals surface area contributed by atoms with Gasteiger partial charge in [0.25, 0.3) is 0 Å². The molecule has 2 heterocycles. The molecule has 2 aromatic heterocycles. The van der Waals surface area contributed by atoms with E-state index in [2.05, 4.69) is 15.1 Å². The standard InChI is InChI=1S/C11H14N4O/c1-2-9(12)11-14-10(15-16-11)7-8-3-5-13-6-4-8/h3-6,9H,2,7,12H2,1H3/t9-/m1/s1. The van der Waals surface area contributed by atoms with Gasteiger partial charge in [-0.25, -0.2) is 0 Å². The lowest BCUT2D eigenvalue weighted by Gasteiger charge is -1.99. The van der Waals surface area contributed by atoms with Gasteiger partial charge in [0.2, 0.25) is 5.89 Å². The Morgan fingerprint density at radius 1 is 1.38 bits per heavy atom. The fraction of sp³-hybridized carbons (Fsp3) is 0.364. The Labute approximate surface area is 93.7 Å². The quantitative estimate of drug-likeness (QED) is 0.840. The van der Waals surface area contributed by atoms with E-state index in [0.29, 0.717) is 18.1 Å². The number of nitrogens with zero attached hydrogens (tertiary/aromatic N) is 3. The van der Waals surface area contributed by atoms with Crippen LogP contribution in [0.3, 0.4) is 0 Å². The van der Waals surface area contributed by atoms with Crippen molar-refractivity contribution < 1.29 is 4.52 Å². The van der Waals surface area contributed by atoms with E-state index in [0.717, 1.165) is 12.0 Å². The zero-order valence-electron chi connectivity index (χ0n) is 9.13. The fourth-order valence-corrected chi connectivity index (χ4v) is 1.35. The smallest absolute Gasteiger partial charge is 0.243 e. The number of pyridine rings is 1. The maximum absolute atomic E-state index is 5.79. The van der Waals surface area contributed by atoms with Gasteiger partial charge in [0.05, 0.1) is 6.04 Å². The van der Waals surface area contributed by atoms with E-state index in [-0.39, 0.29) is 6.04 Å². The van der Waals surface area contributed by atoms with Gasteiger partial charge in [0, 0.05) is 18.8 Å². The van der Waals surface area contributed by atoms with Gasteiger partial charge < -0.3 is 10.3 Å². The third-order valence-electron chi connectivity index (χ3n) is 2.35. The molecule has 1 atom stereocenters. The summed E-state index contributed by atoms with van der Waals surface area (Å²) in [5, 5.41) is 3.89. The van der Waals surface area contributed by atoms with Gasteiger partial charge >= 0.3 is 0 Å². The van der Waals surface area contributed by atoms with Crippen LogP contribution in [0.4, 0.5) is 0 Å². The van der Waals surface area contributed by atoms with Gasteiger partial charge in [-0.3, -0.25) is 4.98 Å². The van der Waals surface area contributed by atoms with E-state index < -0.39 is 0 Å². The Hall–Kier alpha value is -1.75. The lowest BCUT2D eigenvalue weighted by atomic mass is 10.2. The zero-order chi connectivity index (χ0) is 11.4. The van der Waals surface area contributed by atoms with Gasteiger partial charge in [0.15, 0.2) is 5.82 Å². The Morgan fingerprint density at radius 3 is 2.81 bits per heavy atom. The van der Waals surface area contributed by atoms with Gasteiger partial charge in [-0.2, -0.15) is 4.98 Å². The molecule has 5 nitrogen and oxygen atoms in total. The molecule has 0 amide bonds. The van der Waals surface area contributed by atoms with E-state index in [4.69, 9.17) is 10.3 Å². The van der Waals surface area contributed by atoms with Crippen molar-refractivity contribution in [1.29, 1.82) is 0 Å². The van der Waals surface area contributed by atoms with Gasteiger partial charge in [-0.15, -0.1) is 0 Å². The van der Waals surface area contributed by atoms with E-state index in [1.807, 2.05) is 19.1 Å². The molecule has 0 unspecified atom stereocenters. The minimum absolute atomic E-state index is 0.168. The second-order valence-electron chi connectivity index (χ2n) is 3.60. The van der Waals surface area contributed by atoms with Crippen molar-refractivity contribution in [1.82, 2.24) is 15.1 Å². The average Bonchev–Trinajstić information content (AvgIpc) is 2.78. The first kappa shape index (κ1) is 10.8. The predicted octanol–water partition coefficient (Wildman–Crippen LogP) is 1.47. The first-order valence-electron chi connectivity index (χ1n) is 5.26. The average molecular weight is 218 g/mol. The summed E-state index contributed by atoms with van der Waals surface area (Å²) in [5.74, 6) is 1.16. The zero-order valence-corrected chi connectivity index (χ0v) is 9.13. The summed E-state index contributed by atoms with van der Waals surface area (Å²) in [6, 6.07) is 3.68. The molecule has 0 spiro atoms. The number of nitrogens with two attached hydrogens (primary N) is 1. The second kappa shape index (κ2) is 4.85. The third kappa shape index (κ3) is 2.43. The van der Waals surface area contributed by atoms with Crippen molar-refractivity contribution in [2.45, 2.75) is 25.8 Å². The number of hydrogen-bond donors (Lipinski definition) is 1. The molecule has 0 radical (unpaired) electrons. The highest BCUT2D eigenvalue weighted by Crippen LogP contribution is 2.12.